The number of rotatable bonds is 22. The normalized spacial score (nSPS) is 33.5. The fourth-order valence-electron chi connectivity index (χ4n) is 18.5. The van der Waals surface area contributed by atoms with E-state index in [2.05, 4.69) is 27.7 Å². The van der Waals surface area contributed by atoms with Gasteiger partial charge in [0.2, 0.25) is 6.29 Å². The predicted molar refractivity (Wildman–Crippen MR) is 396 cm³/mol. The summed E-state index contributed by atoms with van der Waals surface area (Å²) in [5, 5.41) is 33.4. The number of aliphatic carboxylic acids is 3. The molecule has 21 nitrogen and oxygen atoms in total. The monoisotopic (exact) mass is 1470 g/mol. The summed E-state index contributed by atoms with van der Waals surface area (Å²) in [7, 11) is 0. The van der Waals surface area contributed by atoms with Crippen LogP contribution in [-0.4, -0.2) is 136 Å². The highest BCUT2D eigenvalue weighted by molar-refractivity contribution is 5.96. The molecule has 0 aromatic heterocycles. The molecule has 2 saturated heterocycles. The molecule has 0 spiro atoms. The van der Waals surface area contributed by atoms with Crippen LogP contribution in [0.15, 0.2) is 194 Å². The van der Waals surface area contributed by atoms with Crippen LogP contribution in [0, 0.1) is 50.2 Å². The first-order valence-electron chi connectivity index (χ1n) is 36.8. The fourth-order valence-corrected chi connectivity index (χ4v) is 18.5. The maximum atomic E-state index is 15.6. The van der Waals surface area contributed by atoms with E-state index < -0.39 is 148 Å². The molecule has 2 aliphatic heterocycles. The Morgan fingerprint density at radius 3 is 1.19 bits per heavy atom. The SMILES string of the molecule is CC1(C)C2CC[C@]3(C)C(C(=O)C=C4C5C[C@@](C)(C(=O)O)CC[C@]5(C)CC[C@]43C)[C@@]2(C)CC[C@@H]1O[C@@H]1O[C@H](C(=O)O)[C@@H](OC(=O)/C=C/c2ccccc2)[C@H](OC(=O)/C=C/c2ccccc2)[C@H]1O[C@@H]1O[C@H](C(=O)O)[C@@H](OC(=O)/C=C/c2ccccc2)[C@H](OC(=O)/C=C/c2ccccc2)[C@H]1OC(=O)/C=C/c1ccccc1. The van der Waals surface area contributed by atoms with Crippen molar-refractivity contribution in [2.45, 2.75) is 174 Å². The van der Waals surface area contributed by atoms with E-state index in [1.54, 1.807) is 152 Å². The van der Waals surface area contributed by atoms with Crippen molar-refractivity contribution in [1.82, 2.24) is 0 Å². The first-order chi connectivity index (χ1) is 51.5. The molecule has 0 bridgehead atoms. The molecule has 4 saturated carbocycles. The second kappa shape index (κ2) is 31.9. The number of carbonyl (C=O) groups is 9. The van der Waals surface area contributed by atoms with Crippen molar-refractivity contribution in [3.63, 3.8) is 0 Å². The molecule has 5 aliphatic carbocycles. The topological polar surface area (TPSA) is 297 Å². The molecule has 0 radical (unpaired) electrons. The molecule has 6 fully saturated rings. The third-order valence-corrected chi connectivity index (χ3v) is 24.4. The molecule has 5 aromatic rings. The third kappa shape index (κ3) is 16.2. The molecule has 3 unspecified atom stereocenters. The van der Waals surface area contributed by atoms with E-state index in [1.165, 1.54) is 30.4 Å². The smallest absolute Gasteiger partial charge is 0.337 e. The minimum Gasteiger partial charge on any atom is -0.481 e. The van der Waals surface area contributed by atoms with Gasteiger partial charge in [-0.3, -0.25) is 9.59 Å². The molecule has 2 heterocycles. The average molecular weight is 1470 g/mol. The number of allylic oxidation sites excluding steroid dienone is 2. The van der Waals surface area contributed by atoms with Crippen LogP contribution < -0.4 is 0 Å². The van der Waals surface area contributed by atoms with Crippen LogP contribution in [0.5, 0.6) is 0 Å². The molecule has 19 atom stereocenters. The molecule has 3 N–H and O–H groups in total. The average Bonchev–Trinajstić information content (AvgIpc) is 0.672. The highest BCUT2D eigenvalue weighted by Crippen LogP contribution is 2.75. The highest BCUT2D eigenvalue weighted by Gasteiger charge is 2.71. The molecule has 7 aliphatic rings. The maximum absolute atomic E-state index is 15.6. The second-order valence-corrected chi connectivity index (χ2v) is 31.4. The molecule has 566 valence electrons. The summed E-state index contributed by atoms with van der Waals surface area (Å²) < 4.78 is 58.2. The van der Waals surface area contributed by atoms with E-state index in [4.69, 9.17) is 42.6 Å². The molecular weight excluding hydrogens is 1380 g/mol. The van der Waals surface area contributed by atoms with Gasteiger partial charge in [0.05, 0.1) is 11.5 Å². The minimum atomic E-state index is -2.38. The Hall–Kier alpha value is -10.2. The van der Waals surface area contributed by atoms with Gasteiger partial charge < -0.3 is 58.0 Å². The molecule has 5 aromatic carbocycles. The summed E-state index contributed by atoms with van der Waals surface area (Å²) in [6.45, 7) is 14.7. The summed E-state index contributed by atoms with van der Waals surface area (Å²) >= 11 is 0. The number of ether oxygens (including phenoxy) is 9. The van der Waals surface area contributed by atoms with E-state index in [0.29, 0.717) is 59.9 Å². The number of hydrogen-bond donors (Lipinski definition) is 3. The van der Waals surface area contributed by atoms with Crippen molar-refractivity contribution in [3.05, 3.63) is 222 Å². The zero-order valence-electron chi connectivity index (χ0n) is 61.4. The number of fused-ring (bicyclic) bond motifs is 7. The van der Waals surface area contributed by atoms with Crippen molar-refractivity contribution in [2.75, 3.05) is 0 Å². The highest BCUT2D eigenvalue weighted by atomic mass is 16.8. The van der Waals surface area contributed by atoms with E-state index >= 15 is 4.79 Å². The maximum Gasteiger partial charge on any atom is 0.337 e. The van der Waals surface area contributed by atoms with Gasteiger partial charge in [-0.1, -0.05) is 199 Å². The number of benzene rings is 5. The number of carbonyl (C=O) groups excluding carboxylic acids is 6. The number of ketones is 1. The Morgan fingerprint density at radius 1 is 0.426 bits per heavy atom. The molecule has 0 amide bonds. The van der Waals surface area contributed by atoms with Crippen LogP contribution >= 0.6 is 0 Å². The van der Waals surface area contributed by atoms with E-state index in [9.17, 15) is 53.7 Å². The fraction of sp³-hybridized carbons (Fsp3) is 0.414. The van der Waals surface area contributed by atoms with Gasteiger partial charge in [-0.05, 0) is 168 Å². The summed E-state index contributed by atoms with van der Waals surface area (Å²) in [5.41, 5.74) is -0.181. The number of hydrogen-bond acceptors (Lipinski definition) is 18. The predicted octanol–water partition coefficient (Wildman–Crippen LogP) is 13.6. The lowest BCUT2D eigenvalue weighted by molar-refractivity contribution is -0.371. The van der Waals surface area contributed by atoms with Gasteiger partial charge >= 0.3 is 47.8 Å². The summed E-state index contributed by atoms with van der Waals surface area (Å²) in [6, 6.07) is 42.9. The summed E-state index contributed by atoms with van der Waals surface area (Å²) in [4.78, 5) is 129. The van der Waals surface area contributed by atoms with Crippen LogP contribution in [0.2, 0.25) is 0 Å². The number of carboxylic acids is 3. The minimum absolute atomic E-state index is 0.0208. The molecule has 108 heavy (non-hydrogen) atoms. The quantitative estimate of drug-likeness (QED) is 0.0251. The molecule has 12 rings (SSSR count). The summed E-state index contributed by atoms with van der Waals surface area (Å²) in [6.07, 6.45) is -4.01. The zero-order valence-corrected chi connectivity index (χ0v) is 61.4. The van der Waals surface area contributed by atoms with Crippen molar-refractivity contribution in [3.8, 4) is 0 Å². The van der Waals surface area contributed by atoms with Crippen molar-refractivity contribution in [1.29, 1.82) is 0 Å². The zero-order chi connectivity index (χ0) is 76.9. The van der Waals surface area contributed by atoms with Crippen molar-refractivity contribution >= 4 is 83.9 Å². The van der Waals surface area contributed by atoms with Gasteiger partial charge in [-0.25, -0.2) is 33.6 Å². The van der Waals surface area contributed by atoms with Crippen LogP contribution in [0.3, 0.4) is 0 Å². The van der Waals surface area contributed by atoms with E-state index in [1.807, 2.05) is 26.8 Å². The Bertz CT molecular complexity index is 4360. The van der Waals surface area contributed by atoms with Gasteiger partial charge in [0.25, 0.3) is 0 Å². The lowest BCUT2D eigenvalue weighted by Crippen LogP contribution is -2.69. The summed E-state index contributed by atoms with van der Waals surface area (Å²) in [5.74, 6) is -11.2. The third-order valence-electron chi connectivity index (χ3n) is 24.4. The van der Waals surface area contributed by atoms with Crippen LogP contribution in [-0.2, 0) is 85.8 Å². The Morgan fingerprint density at radius 2 is 0.796 bits per heavy atom. The van der Waals surface area contributed by atoms with Gasteiger partial charge in [-0.2, -0.15) is 0 Å². The Balaban J connectivity index is 0.971. The lowest BCUT2D eigenvalue weighted by atomic mass is 9.33. The van der Waals surface area contributed by atoms with E-state index in [-0.39, 0.29) is 29.5 Å². The Kier molecular flexibility index (Phi) is 22.9. The number of esters is 5. The van der Waals surface area contributed by atoms with Crippen molar-refractivity contribution < 1.29 is 101 Å². The van der Waals surface area contributed by atoms with Crippen molar-refractivity contribution in [2.24, 2.45) is 50.2 Å². The number of carboxylic acid groups (broad SMARTS) is 3. The molecular formula is C87H92O21. The Labute approximate surface area is 627 Å². The van der Waals surface area contributed by atoms with Gasteiger partial charge in [-0.15, -0.1) is 0 Å². The lowest BCUT2D eigenvalue weighted by Gasteiger charge is -2.70. The van der Waals surface area contributed by atoms with Gasteiger partial charge in [0, 0.05) is 36.3 Å². The first kappa shape index (κ1) is 77.4. The second-order valence-electron chi connectivity index (χ2n) is 31.4. The standard InChI is InChI=1S/C87H92O21/c1-82(2)61-43-46-87(7)76(60(88)51-58-59-52-84(4,81(98)99)48-47-83(59,3)49-50-86(58,87)6)85(61,5)45-44-62(82)100-79-75(71(104-66(92)41-36-56-29-19-11-20-30-56)69(72(106-79)77(94)95)102-64(90)39-34-54-25-15-9-16-26-54)108-80-74(105-67(93)42-37-57-31-21-12-22-32-57)70(103-65(91)40-35-55-27-17-10-18-28-55)68(73(107-80)78(96)97)101-63(89)38-33-53-23-13-8-14-24-53/h8-42,51,59,61-62,68-76,79-80H,43-50,52H2,1-7H3,(H,94,95)(H,96,97)(H,98,99)/b38-33+,39-34+,40-35+,41-36+,42-37+/t59?,61?,62-,68-,69-,70-,71-,72-,73-,74+,75+,76?,79+,80-,83+,84-,85-,86+,87+/m0/s1. The van der Waals surface area contributed by atoms with E-state index in [0.717, 1.165) is 55.2 Å². The van der Waals surface area contributed by atoms with Gasteiger partial charge in [0.15, 0.2) is 60.9 Å². The van der Waals surface area contributed by atoms with Gasteiger partial charge in [0.1, 0.15) is 0 Å². The van der Waals surface area contributed by atoms with Crippen LogP contribution in [0.4, 0.5) is 0 Å². The largest absolute Gasteiger partial charge is 0.481 e. The first-order valence-corrected chi connectivity index (χ1v) is 36.8. The van der Waals surface area contributed by atoms with Crippen LogP contribution in [0.25, 0.3) is 30.4 Å². The van der Waals surface area contributed by atoms with Crippen LogP contribution in [0.1, 0.15) is 134 Å². The molecule has 21 heteroatoms.